The van der Waals surface area contributed by atoms with E-state index in [1.807, 2.05) is 24.9 Å². The van der Waals surface area contributed by atoms with Crippen LogP contribution in [0.2, 0.25) is 0 Å². The molecule has 1 N–H and O–H groups in total. The predicted molar refractivity (Wildman–Crippen MR) is 70.5 cm³/mol. The molecule has 0 spiro atoms. The third-order valence-corrected chi connectivity index (χ3v) is 3.34. The van der Waals surface area contributed by atoms with Crippen LogP contribution in [0.3, 0.4) is 0 Å². The molecule has 2 aromatic heterocycles. The lowest BCUT2D eigenvalue weighted by Gasteiger charge is -2.09. The Balaban J connectivity index is 1.69. The van der Waals surface area contributed by atoms with E-state index in [4.69, 9.17) is 0 Å². The van der Waals surface area contributed by atoms with Gasteiger partial charge in [0.2, 0.25) is 5.95 Å². The van der Waals surface area contributed by atoms with Gasteiger partial charge in [0, 0.05) is 44.1 Å². The van der Waals surface area contributed by atoms with Crippen LogP contribution in [0.15, 0.2) is 18.5 Å². The highest BCUT2D eigenvalue weighted by atomic mass is 15.3. The highest BCUT2D eigenvalue weighted by Crippen LogP contribution is 2.24. The molecule has 0 aromatic carbocycles. The Hall–Kier alpha value is -1.78. The first kappa shape index (κ1) is 11.3. The third kappa shape index (κ3) is 2.39. The number of rotatable bonds is 5. The van der Waals surface area contributed by atoms with Gasteiger partial charge in [-0.15, -0.1) is 0 Å². The minimum Gasteiger partial charge on any atom is -0.353 e. The molecule has 0 bridgehead atoms. The van der Waals surface area contributed by atoms with Gasteiger partial charge in [0.25, 0.3) is 0 Å². The summed E-state index contributed by atoms with van der Waals surface area (Å²) in [6.45, 7) is 2.98. The van der Waals surface area contributed by atoms with Crippen LogP contribution in [0, 0.1) is 6.92 Å². The van der Waals surface area contributed by atoms with E-state index >= 15 is 0 Å². The van der Waals surface area contributed by atoms with Crippen LogP contribution in [-0.4, -0.2) is 25.4 Å². The van der Waals surface area contributed by atoms with Gasteiger partial charge in [-0.2, -0.15) is 5.10 Å². The van der Waals surface area contributed by atoms with Gasteiger partial charge in [-0.3, -0.25) is 4.68 Å². The van der Waals surface area contributed by atoms with E-state index in [2.05, 4.69) is 32.2 Å². The number of nitrogens with zero attached hydrogens (tertiary/aromatic N) is 4. The lowest BCUT2D eigenvalue weighted by Crippen LogP contribution is -2.11. The Morgan fingerprint density at radius 3 is 2.94 bits per heavy atom. The first-order valence-electron chi connectivity index (χ1n) is 6.49. The number of aromatic nitrogens is 4. The van der Waals surface area contributed by atoms with Crippen molar-refractivity contribution in [2.45, 2.75) is 38.8 Å². The molecule has 3 rings (SSSR count). The zero-order valence-electron chi connectivity index (χ0n) is 10.9. The molecule has 1 saturated carbocycles. The van der Waals surface area contributed by atoms with Crippen molar-refractivity contribution < 1.29 is 0 Å². The molecule has 1 fully saturated rings. The van der Waals surface area contributed by atoms with E-state index in [1.54, 1.807) is 0 Å². The fourth-order valence-electron chi connectivity index (χ4n) is 2.12. The second-order valence-corrected chi connectivity index (χ2v) is 5.01. The van der Waals surface area contributed by atoms with Crippen LogP contribution < -0.4 is 5.32 Å². The average Bonchev–Trinajstić information content (AvgIpc) is 2.95. The number of hydrogen-bond acceptors (Lipinski definition) is 3. The Morgan fingerprint density at radius 2 is 2.28 bits per heavy atom. The second-order valence-electron chi connectivity index (χ2n) is 5.01. The minimum absolute atomic E-state index is 0.641. The molecule has 1 aliphatic carbocycles. The fraction of sp³-hybridized carbons (Fsp3) is 0.538. The number of hydrogen-bond donors (Lipinski definition) is 1. The van der Waals surface area contributed by atoms with E-state index in [0.717, 1.165) is 24.6 Å². The molecule has 18 heavy (non-hydrogen) atoms. The van der Waals surface area contributed by atoms with Crippen LogP contribution >= 0.6 is 0 Å². The summed E-state index contributed by atoms with van der Waals surface area (Å²) in [6.07, 6.45) is 7.48. The molecule has 0 amide bonds. The van der Waals surface area contributed by atoms with Gasteiger partial charge in [-0.1, -0.05) is 0 Å². The maximum Gasteiger partial charge on any atom is 0.203 e. The van der Waals surface area contributed by atoms with Gasteiger partial charge in [0.05, 0.1) is 5.69 Å². The van der Waals surface area contributed by atoms with E-state index in [1.165, 1.54) is 18.5 Å². The summed E-state index contributed by atoms with van der Waals surface area (Å²) >= 11 is 0. The zero-order valence-corrected chi connectivity index (χ0v) is 10.9. The molecule has 0 atom stereocenters. The van der Waals surface area contributed by atoms with Crippen LogP contribution in [0.5, 0.6) is 0 Å². The predicted octanol–water partition coefficient (Wildman–Crippen LogP) is 1.74. The zero-order chi connectivity index (χ0) is 12.5. The average molecular weight is 245 g/mol. The number of anilines is 1. The van der Waals surface area contributed by atoms with Crippen molar-refractivity contribution >= 4 is 5.95 Å². The molecule has 2 aromatic rings. The normalized spacial score (nSPS) is 15.0. The molecule has 5 nitrogen and oxygen atoms in total. The first-order chi connectivity index (χ1) is 8.72. The van der Waals surface area contributed by atoms with Crippen molar-refractivity contribution in [2.75, 3.05) is 5.32 Å². The van der Waals surface area contributed by atoms with Crippen molar-refractivity contribution in [3.63, 3.8) is 0 Å². The number of imidazole rings is 1. The first-order valence-corrected chi connectivity index (χ1v) is 6.49. The topological polar surface area (TPSA) is 47.7 Å². The van der Waals surface area contributed by atoms with E-state index in [0.29, 0.717) is 6.04 Å². The number of nitrogens with one attached hydrogen (secondary N) is 1. The highest BCUT2D eigenvalue weighted by molar-refractivity contribution is 5.32. The summed E-state index contributed by atoms with van der Waals surface area (Å²) < 4.78 is 4.14. The van der Waals surface area contributed by atoms with Crippen molar-refractivity contribution in [2.24, 2.45) is 7.05 Å². The summed E-state index contributed by atoms with van der Waals surface area (Å²) in [7, 11) is 1.98. The quantitative estimate of drug-likeness (QED) is 0.873. The van der Waals surface area contributed by atoms with E-state index in [9.17, 15) is 0 Å². The Labute approximate surface area is 107 Å². The van der Waals surface area contributed by atoms with Gasteiger partial charge in [0.1, 0.15) is 0 Å². The number of aryl methyl sites for hydroxylation is 4. The monoisotopic (exact) mass is 245 g/mol. The lowest BCUT2D eigenvalue weighted by molar-refractivity contribution is 0.638. The smallest absolute Gasteiger partial charge is 0.203 e. The summed E-state index contributed by atoms with van der Waals surface area (Å²) in [4.78, 5) is 4.54. The van der Waals surface area contributed by atoms with Gasteiger partial charge in [0.15, 0.2) is 0 Å². The summed E-state index contributed by atoms with van der Waals surface area (Å²) in [6, 6.07) is 2.71. The van der Waals surface area contributed by atoms with Crippen LogP contribution in [-0.2, 0) is 20.0 Å². The summed E-state index contributed by atoms with van der Waals surface area (Å²) in [5.41, 5.74) is 2.32. The molecule has 0 aliphatic heterocycles. The molecule has 0 unspecified atom stereocenters. The largest absolute Gasteiger partial charge is 0.353 e. The van der Waals surface area contributed by atoms with E-state index in [-0.39, 0.29) is 0 Å². The van der Waals surface area contributed by atoms with E-state index < -0.39 is 0 Å². The molecule has 2 heterocycles. The summed E-state index contributed by atoms with van der Waals surface area (Å²) in [5.74, 6) is 1.01. The molecular formula is C13H19N5. The Kier molecular flexibility index (Phi) is 2.81. The Bertz CT molecular complexity index is 535. The minimum atomic E-state index is 0.641. The van der Waals surface area contributed by atoms with Gasteiger partial charge >= 0.3 is 0 Å². The van der Waals surface area contributed by atoms with Crippen molar-refractivity contribution in [3.8, 4) is 0 Å². The summed E-state index contributed by atoms with van der Waals surface area (Å²) in [5, 5.41) is 7.67. The van der Waals surface area contributed by atoms with Crippen LogP contribution in [0.4, 0.5) is 5.95 Å². The molecule has 96 valence electrons. The molecule has 1 aliphatic rings. The van der Waals surface area contributed by atoms with Gasteiger partial charge in [-0.05, 0) is 25.8 Å². The SMILES string of the molecule is Cc1cn(CCc2ccnn2C)c(NC2CC2)n1. The van der Waals surface area contributed by atoms with Crippen LogP contribution in [0.25, 0.3) is 0 Å². The van der Waals surface area contributed by atoms with Crippen molar-refractivity contribution in [3.05, 3.63) is 29.8 Å². The molecule has 0 saturated heterocycles. The van der Waals surface area contributed by atoms with Crippen molar-refractivity contribution in [1.29, 1.82) is 0 Å². The van der Waals surface area contributed by atoms with Crippen molar-refractivity contribution in [1.82, 2.24) is 19.3 Å². The molecular weight excluding hydrogens is 226 g/mol. The maximum atomic E-state index is 4.54. The molecule has 5 heteroatoms. The maximum absolute atomic E-state index is 4.54. The lowest BCUT2D eigenvalue weighted by atomic mass is 10.3. The highest BCUT2D eigenvalue weighted by Gasteiger charge is 2.22. The third-order valence-electron chi connectivity index (χ3n) is 3.34. The Morgan fingerprint density at radius 1 is 1.44 bits per heavy atom. The van der Waals surface area contributed by atoms with Gasteiger partial charge in [-0.25, -0.2) is 4.98 Å². The second kappa shape index (κ2) is 4.48. The standard InChI is InChI=1S/C13H19N5/c1-10-9-18(13(15-10)16-11-3-4-11)8-6-12-5-7-14-17(12)2/h5,7,9,11H,3-4,6,8H2,1-2H3,(H,15,16). The van der Waals surface area contributed by atoms with Gasteiger partial charge < -0.3 is 9.88 Å². The molecule has 0 radical (unpaired) electrons. The van der Waals surface area contributed by atoms with Crippen LogP contribution in [0.1, 0.15) is 24.2 Å². The fourth-order valence-corrected chi connectivity index (χ4v) is 2.12.